The average molecular weight is 385 g/mol. The zero-order valence-electron chi connectivity index (χ0n) is 16.8. The van der Waals surface area contributed by atoms with Crippen molar-refractivity contribution in [3.8, 4) is 11.5 Å². The molecule has 0 aliphatic carbocycles. The molecule has 1 amide bonds. The van der Waals surface area contributed by atoms with E-state index in [0.717, 1.165) is 5.56 Å². The maximum atomic E-state index is 12.2. The first kappa shape index (κ1) is 20.0. The lowest BCUT2D eigenvalue weighted by Crippen LogP contribution is -2.62. The van der Waals surface area contributed by atoms with Gasteiger partial charge in [0.2, 0.25) is 0 Å². The van der Waals surface area contributed by atoms with Crippen LogP contribution in [0.5, 0.6) is 11.5 Å². The predicted molar refractivity (Wildman–Crippen MR) is 105 cm³/mol. The van der Waals surface area contributed by atoms with Crippen LogP contribution in [-0.2, 0) is 16.9 Å². The summed E-state index contributed by atoms with van der Waals surface area (Å²) in [5, 5.41) is 11.0. The number of hydrogen-bond acceptors (Lipinski definition) is 5. The summed E-state index contributed by atoms with van der Waals surface area (Å²) in [6.07, 6.45) is -0.437. The molecule has 0 bridgehead atoms. The van der Waals surface area contributed by atoms with E-state index in [-0.39, 0.29) is 13.1 Å². The second-order valence-corrected chi connectivity index (χ2v) is 8.00. The first-order chi connectivity index (χ1) is 13.2. The third-order valence-electron chi connectivity index (χ3n) is 4.48. The summed E-state index contributed by atoms with van der Waals surface area (Å²) < 4.78 is 16.6. The van der Waals surface area contributed by atoms with Gasteiger partial charge < -0.3 is 24.2 Å². The predicted octanol–water partition coefficient (Wildman–Crippen LogP) is 3.71. The van der Waals surface area contributed by atoms with E-state index in [2.05, 4.69) is 0 Å². The lowest BCUT2D eigenvalue weighted by molar-refractivity contribution is -0.104. The molecule has 2 aromatic rings. The fourth-order valence-corrected chi connectivity index (χ4v) is 3.09. The van der Waals surface area contributed by atoms with Crippen molar-refractivity contribution >= 4 is 6.09 Å². The fourth-order valence-electron chi connectivity index (χ4n) is 3.09. The fraction of sp³-hybridized carbons (Fsp3) is 0.409. The number of methoxy groups -OCH3 is 1. The summed E-state index contributed by atoms with van der Waals surface area (Å²) in [7, 11) is 1.55. The van der Waals surface area contributed by atoms with Crippen molar-refractivity contribution in [3.05, 3.63) is 59.7 Å². The van der Waals surface area contributed by atoms with Crippen LogP contribution in [0.2, 0.25) is 0 Å². The monoisotopic (exact) mass is 385 g/mol. The molecular weight excluding hydrogens is 358 g/mol. The Kier molecular flexibility index (Phi) is 5.52. The molecule has 1 aliphatic heterocycles. The van der Waals surface area contributed by atoms with Gasteiger partial charge in [0.1, 0.15) is 29.3 Å². The van der Waals surface area contributed by atoms with Gasteiger partial charge >= 0.3 is 6.09 Å². The zero-order valence-corrected chi connectivity index (χ0v) is 16.8. The number of hydrogen-bond donors (Lipinski definition) is 1. The number of carbonyl (C=O) groups excluding carboxylic acids is 1. The highest BCUT2D eigenvalue weighted by Crippen LogP contribution is 2.40. The molecule has 1 fully saturated rings. The Hall–Kier alpha value is -2.73. The number of likely N-dealkylation sites (tertiary alicyclic amines) is 1. The molecule has 0 saturated carbocycles. The average Bonchev–Trinajstić information content (AvgIpc) is 2.63. The number of nitrogens with zero attached hydrogens (tertiary/aromatic N) is 1. The number of carbonyl (C=O) groups is 1. The molecule has 1 heterocycles. The van der Waals surface area contributed by atoms with Crippen LogP contribution in [0, 0.1) is 0 Å². The van der Waals surface area contributed by atoms with Crippen molar-refractivity contribution in [3.63, 3.8) is 0 Å². The van der Waals surface area contributed by atoms with Crippen molar-refractivity contribution in [2.24, 2.45) is 0 Å². The molecule has 0 spiro atoms. The summed E-state index contributed by atoms with van der Waals surface area (Å²) in [6.45, 7) is 6.14. The quantitative estimate of drug-likeness (QED) is 0.850. The number of rotatable bonds is 5. The molecule has 0 radical (unpaired) electrons. The second-order valence-electron chi connectivity index (χ2n) is 8.00. The lowest BCUT2D eigenvalue weighted by Gasteiger charge is -2.46. The molecule has 0 unspecified atom stereocenters. The Bertz CT molecular complexity index is 823. The summed E-state index contributed by atoms with van der Waals surface area (Å²) in [5.41, 5.74) is -0.124. The SMILES string of the molecule is COc1ccc(OCc2ccccc2)cc1C1(O)CN(C(=O)OC(C)(C)C)C1. The third-order valence-corrected chi connectivity index (χ3v) is 4.48. The molecule has 28 heavy (non-hydrogen) atoms. The smallest absolute Gasteiger partial charge is 0.410 e. The highest BCUT2D eigenvalue weighted by molar-refractivity contribution is 5.70. The van der Waals surface area contributed by atoms with Crippen LogP contribution < -0.4 is 9.47 Å². The normalized spacial score (nSPS) is 15.5. The van der Waals surface area contributed by atoms with Crippen molar-refractivity contribution in [1.29, 1.82) is 0 Å². The maximum absolute atomic E-state index is 12.2. The summed E-state index contributed by atoms with van der Waals surface area (Å²) >= 11 is 0. The van der Waals surface area contributed by atoms with Crippen LogP contribution in [0.25, 0.3) is 0 Å². The van der Waals surface area contributed by atoms with Gasteiger partial charge in [-0.05, 0) is 44.5 Å². The van der Waals surface area contributed by atoms with Crippen LogP contribution in [0.15, 0.2) is 48.5 Å². The summed E-state index contributed by atoms with van der Waals surface area (Å²) in [5.74, 6) is 1.18. The first-order valence-electron chi connectivity index (χ1n) is 9.26. The van der Waals surface area contributed by atoms with Gasteiger partial charge in [0.25, 0.3) is 0 Å². The van der Waals surface area contributed by atoms with Crippen LogP contribution in [0.3, 0.4) is 0 Å². The molecule has 150 valence electrons. The van der Waals surface area contributed by atoms with E-state index in [4.69, 9.17) is 14.2 Å². The van der Waals surface area contributed by atoms with E-state index >= 15 is 0 Å². The van der Waals surface area contributed by atoms with Crippen molar-refractivity contribution < 1.29 is 24.1 Å². The number of ether oxygens (including phenoxy) is 3. The molecule has 1 saturated heterocycles. The first-order valence-corrected chi connectivity index (χ1v) is 9.26. The van der Waals surface area contributed by atoms with E-state index in [0.29, 0.717) is 23.7 Å². The van der Waals surface area contributed by atoms with Crippen LogP contribution in [-0.4, -0.2) is 41.9 Å². The van der Waals surface area contributed by atoms with Crippen molar-refractivity contribution in [1.82, 2.24) is 4.90 Å². The van der Waals surface area contributed by atoms with Gasteiger partial charge in [-0.3, -0.25) is 0 Å². The molecule has 1 aliphatic rings. The Morgan fingerprint density at radius 1 is 1.14 bits per heavy atom. The molecule has 6 nitrogen and oxygen atoms in total. The second kappa shape index (κ2) is 7.72. The largest absolute Gasteiger partial charge is 0.496 e. The Morgan fingerprint density at radius 3 is 2.43 bits per heavy atom. The highest BCUT2D eigenvalue weighted by atomic mass is 16.6. The Labute approximate surface area is 165 Å². The van der Waals surface area contributed by atoms with Crippen LogP contribution in [0.4, 0.5) is 4.79 Å². The molecule has 3 rings (SSSR count). The van der Waals surface area contributed by atoms with Crippen molar-refractivity contribution in [2.75, 3.05) is 20.2 Å². The molecule has 2 aromatic carbocycles. The molecule has 0 atom stereocenters. The number of aliphatic hydroxyl groups is 1. The van der Waals surface area contributed by atoms with Gasteiger partial charge in [-0.1, -0.05) is 30.3 Å². The van der Waals surface area contributed by atoms with Gasteiger partial charge in [-0.2, -0.15) is 0 Å². The van der Waals surface area contributed by atoms with Crippen molar-refractivity contribution in [2.45, 2.75) is 38.6 Å². The van der Waals surface area contributed by atoms with Gasteiger partial charge in [0, 0.05) is 5.56 Å². The highest BCUT2D eigenvalue weighted by Gasteiger charge is 2.48. The maximum Gasteiger partial charge on any atom is 0.410 e. The minimum Gasteiger partial charge on any atom is -0.496 e. The van der Waals surface area contributed by atoms with E-state index < -0.39 is 17.3 Å². The minimum atomic E-state index is -1.20. The molecule has 0 aromatic heterocycles. The summed E-state index contributed by atoms with van der Waals surface area (Å²) in [4.78, 5) is 13.7. The van der Waals surface area contributed by atoms with E-state index in [1.54, 1.807) is 25.3 Å². The van der Waals surface area contributed by atoms with Gasteiger partial charge in [0.05, 0.1) is 20.2 Å². The van der Waals surface area contributed by atoms with Gasteiger partial charge in [-0.15, -0.1) is 0 Å². The van der Waals surface area contributed by atoms with Crippen LogP contribution in [0.1, 0.15) is 31.9 Å². The minimum absolute atomic E-state index is 0.139. The Balaban J connectivity index is 1.71. The van der Waals surface area contributed by atoms with Crippen LogP contribution >= 0.6 is 0 Å². The zero-order chi connectivity index (χ0) is 20.4. The third kappa shape index (κ3) is 4.57. The standard InChI is InChI=1S/C22H27NO5/c1-21(2,3)28-20(24)23-14-22(25,15-23)18-12-17(10-11-19(18)26-4)27-13-16-8-6-5-7-9-16/h5-12,25H,13-15H2,1-4H3. The topological polar surface area (TPSA) is 68.2 Å². The Morgan fingerprint density at radius 2 is 1.82 bits per heavy atom. The van der Waals surface area contributed by atoms with Gasteiger partial charge in [0.15, 0.2) is 0 Å². The molecule has 1 N–H and O–H groups in total. The molecular formula is C22H27NO5. The van der Waals surface area contributed by atoms with E-state index in [1.165, 1.54) is 4.90 Å². The van der Waals surface area contributed by atoms with E-state index in [1.807, 2.05) is 51.1 Å². The number of β-amino-alcohol motifs (C(OH)–C–C–N with tert-alkyl or cyclic N) is 1. The number of amides is 1. The lowest BCUT2D eigenvalue weighted by atomic mass is 9.85. The van der Waals surface area contributed by atoms with Gasteiger partial charge in [-0.25, -0.2) is 4.79 Å². The molecule has 6 heteroatoms. The number of benzene rings is 2. The summed E-state index contributed by atoms with van der Waals surface area (Å²) in [6, 6.07) is 15.2. The van der Waals surface area contributed by atoms with E-state index in [9.17, 15) is 9.90 Å².